The van der Waals surface area contributed by atoms with E-state index in [9.17, 15) is 8.42 Å². The predicted octanol–water partition coefficient (Wildman–Crippen LogP) is 4.54. The molecule has 3 aromatic rings. The molecule has 2 aliphatic rings. The molecular formula is C21H23ClN4O3S2. The first kappa shape index (κ1) is 20.9. The molecule has 164 valence electrons. The number of rotatable bonds is 5. The van der Waals surface area contributed by atoms with Gasteiger partial charge in [-0.2, -0.15) is 9.29 Å². The normalized spacial score (nSPS) is 18.3. The molecule has 1 aliphatic heterocycles. The van der Waals surface area contributed by atoms with Gasteiger partial charge in [0.2, 0.25) is 11.7 Å². The number of aromatic nitrogens is 2. The van der Waals surface area contributed by atoms with E-state index >= 15 is 0 Å². The number of sulfonamides is 1. The van der Waals surface area contributed by atoms with Crippen molar-refractivity contribution in [2.45, 2.75) is 36.3 Å². The molecule has 1 saturated carbocycles. The third-order valence-electron chi connectivity index (χ3n) is 6.07. The average molecular weight is 479 g/mol. The first-order valence-electron chi connectivity index (χ1n) is 10.4. The largest absolute Gasteiger partial charge is 0.369 e. The van der Waals surface area contributed by atoms with Crippen LogP contribution in [0.4, 0.5) is 5.69 Å². The Morgan fingerprint density at radius 1 is 1.16 bits per heavy atom. The van der Waals surface area contributed by atoms with Crippen LogP contribution < -0.4 is 4.90 Å². The van der Waals surface area contributed by atoms with Crippen LogP contribution >= 0.6 is 22.9 Å². The lowest BCUT2D eigenvalue weighted by Gasteiger charge is -2.36. The van der Waals surface area contributed by atoms with Crippen LogP contribution in [0.2, 0.25) is 5.02 Å². The maximum atomic E-state index is 13.2. The number of hydrogen-bond donors (Lipinski definition) is 0. The Morgan fingerprint density at radius 3 is 2.65 bits per heavy atom. The molecular weight excluding hydrogens is 456 g/mol. The van der Waals surface area contributed by atoms with Crippen molar-refractivity contribution >= 4 is 38.6 Å². The summed E-state index contributed by atoms with van der Waals surface area (Å²) in [5, 5.41) is 6.52. The smallest absolute Gasteiger partial charge is 0.252 e. The summed E-state index contributed by atoms with van der Waals surface area (Å²) in [5.74, 6) is 1.47. The topological polar surface area (TPSA) is 79.5 Å². The Labute approximate surface area is 190 Å². The lowest BCUT2D eigenvalue weighted by molar-refractivity contribution is 0.292. The number of thiophene rings is 1. The van der Waals surface area contributed by atoms with Gasteiger partial charge >= 0.3 is 0 Å². The predicted molar refractivity (Wildman–Crippen MR) is 121 cm³/mol. The van der Waals surface area contributed by atoms with Crippen molar-refractivity contribution in [3.63, 3.8) is 0 Å². The van der Waals surface area contributed by atoms with Crippen molar-refractivity contribution in [1.29, 1.82) is 0 Å². The van der Waals surface area contributed by atoms with E-state index in [0.717, 1.165) is 24.1 Å². The Balaban J connectivity index is 1.29. The van der Waals surface area contributed by atoms with Gasteiger partial charge in [-0.1, -0.05) is 29.2 Å². The molecule has 0 atom stereocenters. The quantitative estimate of drug-likeness (QED) is 0.535. The molecule has 0 bridgehead atoms. The van der Waals surface area contributed by atoms with Crippen LogP contribution in [0, 0.1) is 6.92 Å². The summed E-state index contributed by atoms with van der Waals surface area (Å²) < 4.78 is 33.6. The minimum Gasteiger partial charge on any atom is -0.369 e. The molecule has 0 unspecified atom stereocenters. The Kier molecular flexibility index (Phi) is 5.54. The molecule has 31 heavy (non-hydrogen) atoms. The van der Waals surface area contributed by atoms with Gasteiger partial charge in [-0.05, 0) is 43.5 Å². The highest BCUT2D eigenvalue weighted by Crippen LogP contribution is 2.37. The lowest BCUT2D eigenvalue weighted by atomic mass is 9.85. The standard InChI is InChI=1S/C21H23ClN4O3S2/c1-14-5-6-17(22)12-18(14)25-7-9-26(10-8-25)31(27,28)19-11-16(13-30-19)20-23-21(29-24-20)15-3-2-4-15/h5-6,11-13,15H,2-4,7-10H2,1H3. The molecule has 5 rings (SSSR count). The fourth-order valence-electron chi connectivity index (χ4n) is 3.96. The number of hydrogen-bond acceptors (Lipinski definition) is 7. The van der Waals surface area contributed by atoms with E-state index in [1.165, 1.54) is 17.8 Å². The monoisotopic (exact) mass is 478 g/mol. The van der Waals surface area contributed by atoms with Crippen LogP contribution in [-0.2, 0) is 10.0 Å². The SMILES string of the molecule is Cc1ccc(Cl)cc1N1CCN(S(=O)(=O)c2cc(-c3noc(C4CCC4)n3)cs2)CC1. The van der Waals surface area contributed by atoms with E-state index in [0.29, 0.717) is 58.6 Å². The Bertz CT molecular complexity index is 1190. The minimum atomic E-state index is -3.56. The summed E-state index contributed by atoms with van der Waals surface area (Å²) in [6.07, 6.45) is 3.34. The maximum Gasteiger partial charge on any atom is 0.252 e. The second-order valence-electron chi connectivity index (χ2n) is 8.06. The van der Waals surface area contributed by atoms with Crippen LogP contribution in [0.1, 0.15) is 36.6 Å². The summed E-state index contributed by atoms with van der Waals surface area (Å²) in [7, 11) is -3.56. The number of anilines is 1. The lowest BCUT2D eigenvalue weighted by Crippen LogP contribution is -2.48. The van der Waals surface area contributed by atoms with Crippen molar-refractivity contribution in [3.05, 3.63) is 46.1 Å². The fourth-order valence-corrected chi connectivity index (χ4v) is 6.86. The molecule has 2 aromatic heterocycles. The Hall–Kier alpha value is -1.94. The summed E-state index contributed by atoms with van der Waals surface area (Å²) in [6, 6.07) is 7.45. The highest BCUT2D eigenvalue weighted by molar-refractivity contribution is 7.91. The van der Waals surface area contributed by atoms with E-state index in [1.54, 1.807) is 15.8 Å². The summed E-state index contributed by atoms with van der Waals surface area (Å²) in [4.78, 5) is 6.66. The number of benzene rings is 1. The van der Waals surface area contributed by atoms with E-state index in [-0.39, 0.29) is 0 Å². The molecule has 0 radical (unpaired) electrons. The van der Waals surface area contributed by atoms with Crippen LogP contribution in [0.3, 0.4) is 0 Å². The fraction of sp³-hybridized carbons (Fsp3) is 0.429. The average Bonchev–Trinajstić information content (AvgIpc) is 3.39. The first-order chi connectivity index (χ1) is 14.9. The third-order valence-corrected chi connectivity index (χ3v) is 9.62. The van der Waals surface area contributed by atoms with Crippen molar-refractivity contribution in [2.24, 2.45) is 0 Å². The van der Waals surface area contributed by atoms with Crippen molar-refractivity contribution in [2.75, 3.05) is 31.1 Å². The highest BCUT2D eigenvalue weighted by atomic mass is 35.5. The molecule has 3 heterocycles. The number of piperazine rings is 1. The summed E-state index contributed by atoms with van der Waals surface area (Å²) >= 11 is 7.35. The van der Waals surface area contributed by atoms with Crippen LogP contribution in [0.5, 0.6) is 0 Å². The molecule has 0 N–H and O–H groups in total. The third kappa shape index (κ3) is 4.00. The van der Waals surface area contributed by atoms with E-state index in [1.807, 2.05) is 25.1 Å². The zero-order valence-electron chi connectivity index (χ0n) is 17.1. The van der Waals surface area contributed by atoms with Gasteiger partial charge < -0.3 is 9.42 Å². The zero-order chi connectivity index (χ0) is 21.6. The number of nitrogens with zero attached hydrogens (tertiary/aromatic N) is 4. The van der Waals surface area contributed by atoms with Gasteiger partial charge in [-0.3, -0.25) is 0 Å². The van der Waals surface area contributed by atoms with Crippen LogP contribution in [0.25, 0.3) is 11.4 Å². The van der Waals surface area contributed by atoms with Gasteiger partial charge in [0.1, 0.15) is 4.21 Å². The van der Waals surface area contributed by atoms with Gasteiger partial charge in [-0.25, -0.2) is 8.42 Å². The van der Waals surface area contributed by atoms with Crippen LogP contribution in [0.15, 0.2) is 38.4 Å². The van der Waals surface area contributed by atoms with Gasteiger partial charge in [0.15, 0.2) is 0 Å². The van der Waals surface area contributed by atoms with Gasteiger partial charge in [0.25, 0.3) is 10.0 Å². The van der Waals surface area contributed by atoms with E-state index in [4.69, 9.17) is 16.1 Å². The second kappa shape index (κ2) is 8.20. The van der Waals surface area contributed by atoms with Gasteiger partial charge in [0.05, 0.1) is 0 Å². The second-order valence-corrected chi connectivity index (χ2v) is 11.6. The summed E-state index contributed by atoms with van der Waals surface area (Å²) in [5.41, 5.74) is 2.87. The molecule has 0 amide bonds. The Morgan fingerprint density at radius 2 is 1.94 bits per heavy atom. The minimum absolute atomic E-state index is 0.310. The van der Waals surface area contributed by atoms with Crippen molar-refractivity contribution < 1.29 is 12.9 Å². The summed E-state index contributed by atoms with van der Waals surface area (Å²) in [6.45, 7) is 4.13. The molecule has 7 nitrogen and oxygen atoms in total. The van der Waals surface area contributed by atoms with Crippen molar-refractivity contribution in [3.8, 4) is 11.4 Å². The molecule has 1 saturated heterocycles. The molecule has 1 aromatic carbocycles. The highest BCUT2D eigenvalue weighted by Gasteiger charge is 2.31. The molecule has 2 fully saturated rings. The van der Waals surface area contributed by atoms with Gasteiger partial charge in [0, 0.05) is 53.8 Å². The molecule has 1 aliphatic carbocycles. The molecule has 10 heteroatoms. The first-order valence-corrected chi connectivity index (χ1v) is 13.1. The number of halogens is 1. The maximum absolute atomic E-state index is 13.2. The van der Waals surface area contributed by atoms with E-state index in [2.05, 4.69) is 15.0 Å². The van der Waals surface area contributed by atoms with Gasteiger partial charge in [-0.15, -0.1) is 11.3 Å². The van der Waals surface area contributed by atoms with E-state index < -0.39 is 10.0 Å². The molecule has 0 spiro atoms. The van der Waals surface area contributed by atoms with Crippen molar-refractivity contribution in [1.82, 2.24) is 14.4 Å². The van der Waals surface area contributed by atoms with Crippen LogP contribution in [-0.4, -0.2) is 49.0 Å². The zero-order valence-corrected chi connectivity index (χ0v) is 19.5. The number of aryl methyl sites for hydroxylation is 1.